The summed E-state index contributed by atoms with van der Waals surface area (Å²) in [5.41, 5.74) is 5.95. The quantitative estimate of drug-likeness (QED) is 0.288. The molecule has 38 heavy (non-hydrogen) atoms. The van der Waals surface area contributed by atoms with E-state index in [9.17, 15) is 9.90 Å². The first-order chi connectivity index (χ1) is 18.5. The highest BCUT2D eigenvalue weighted by molar-refractivity contribution is 6.02. The maximum absolute atomic E-state index is 13.1. The van der Waals surface area contributed by atoms with Crippen LogP contribution in [0.1, 0.15) is 46.9 Å². The number of carbonyl (C=O) groups excluding carboxylic acids is 1. The second-order valence-electron chi connectivity index (χ2n) is 9.50. The number of nitrogens with one attached hydrogen (secondary N) is 2. The Morgan fingerprint density at radius 3 is 2.08 bits per heavy atom. The van der Waals surface area contributed by atoms with Gasteiger partial charge in [-0.2, -0.15) is 5.10 Å². The van der Waals surface area contributed by atoms with Crippen molar-refractivity contribution < 1.29 is 19.4 Å². The van der Waals surface area contributed by atoms with Crippen molar-refractivity contribution >= 4 is 22.4 Å². The monoisotopic (exact) mass is 509 g/mol. The summed E-state index contributed by atoms with van der Waals surface area (Å²) in [5, 5.41) is 20.6. The van der Waals surface area contributed by atoms with Crippen molar-refractivity contribution in [3.63, 3.8) is 0 Å². The van der Waals surface area contributed by atoms with Crippen LogP contribution in [0.15, 0.2) is 90.0 Å². The molecule has 1 heterocycles. The predicted molar refractivity (Wildman–Crippen MR) is 149 cm³/mol. The number of rotatable bonds is 6. The molecule has 7 heteroatoms. The van der Waals surface area contributed by atoms with Crippen LogP contribution in [0.2, 0.25) is 0 Å². The molecule has 1 fully saturated rings. The lowest BCUT2D eigenvalue weighted by molar-refractivity contribution is 0.0951. The van der Waals surface area contributed by atoms with Crippen LogP contribution in [0.3, 0.4) is 0 Å². The molecule has 194 valence electrons. The van der Waals surface area contributed by atoms with Gasteiger partial charge in [0.2, 0.25) is 0 Å². The van der Waals surface area contributed by atoms with Gasteiger partial charge in [-0.3, -0.25) is 4.79 Å². The molecule has 4 aromatic carbocycles. The fourth-order valence-corrected chi connectivity index (χ4v) is 4.99. The standard InChI is InChI=1S/C31H31N3O4/c1-19-27(33-34-31(36)26-16-22-6-4-5-7-23(22)17-29(26)35)18-28(20-8-12-24(37-2)13-9-20)32-30(19)21-10-14-25(38-3)15-11-21/h4-17,19,28,30,32,35H,18H2,1-3H3,(H,34,36)/b33-27+/t19-,28?,30?/m0/s1. The molecule has 2 unspecified atom stereocenters. The number of hydrazone groups is 1. The lowest BCUT2D eigenvalue weighted by Crippen LogP contribution is -2.42. The van der Waals surface area contributed by atoms with Crippen LogP contribution in [0.25, 0.3) is 10.8 Å². The number of piperidine rings is 1. The molecule has 0 bridgehead atoms. The fourth-order valence-electron chi connectivity index (χ4n) is 4.99. The Morgan fingerprint density at radius 1 is 0.895 bits per heavy atom. The minimum atomic E-state index is -0.450. The van der Waals surface area contributed by atoms with Crippen LogP contribution in [0, 0.1) is 5.92 Å². The van der Waals surface area contributed by atoms with Gasteiger partial charge >= 0.3 is 0 Å². The minimum Gasteiger partial charge on any atom is -0.507 e. The maximum atomic E-state index is 13.1. The van der Waals surface area contributed by atoms with Crippen molar-refractivity contribution in [3.8, 4) is 17.2 Å². The number of phenols is 1. The molecule has 0 radical (unpaired) electrons. The number of hydrogen-bond acceptors (Lipinski definition) is 6. The predicted octanol–water partition coefficient (Wildman–Crippen LogP) is 5.76. The lowest BCUT2D eigenvalue weighted by atomic mass is 9.81. The normalized spacial score (nSPS) is 20.3. The summed E-state index contributed by atoms with van der Waals surface area (Å²) >= 11 is 0. The number of fused-ring (bicyclic) bond motifs is 1. The van der Waals surface area contributed by atoms with E-state index in [1.807, 2.05) is 72.8 Å². The molecule has 0 saturated carbocycles. The number of methoxy groups -OCH3 is 2. The van der Waals surface area contributed by atoms with E-state index in [4.69, 9.17) is 9.47 Å². The van der Waals surface area contributed by atoms with E-state index in [-0.39, 0.29) is 29.3 Å². The van der Waals surface area contributed by atoms with Crippen molar-refractivity contribution in [2.24, 2.45) is 11.0 Å². The second-order valence-corrected chi connectivity index (χ2v) is 9.50. The first-order valence-corrected chi connectivity index (χ1v) is 12.6. The first-order valence-electron chi connectivity index (χ1n) is 12.6. The van der Waals surface area contributed by atoms with Crippen molar-refractivity contribution in [1.82, 2.24) is 10.7 Å². The summed E-state index contributed by atoms with van der Waals surface area (Å²) in [7, 11) is 3.30. The molecule has 5 rings (SSSR count). The third-order valence-electron chi connectivity index (χ3n) is 7.22. The first kappa shape index (κ1) is 25.3. The fraction of sp³-hybridized carbons (Fsp3) is 0.226. The Bertz CT molecular complexity index is 1470. The molecule has 0 aliphatic carbocycles. The molecular weight excluding hydrogens is 478 g/mol. The van der Waals surface area contributed by atoms with E-state index in [1.54, 1.807) is 26.4 Å². The molecule has 1 amide bonds. The third kappa shape index (κ3) is 5.19. The van der Waals surface area contributed by atoms with Crippen LogP contribution >= 0.6 is 0 Å². The number of nitrogens with zero attached hydrogens (tertiary/aromatic N) is 1. The van der Waals surface area contributed by atoms with E-state index in [0.717, 1.165) is 39.1 Å². The Hall–Kier alpha value is -4.36. The Labute approximate surface area is 222 Å². The lowest BCUT2D eigenvalue weighted by Gasteiger charge is -2.37. The number of hydrogen-bond donors (Lipinski definition) is 3. The van der Waals surface area contributed by atoms with Gasteiger partial charge in [-0.25, -0.2) is 5.43 Å². The van der Waals surface area contributed by atoms with Gasteiger partial charge in [-0.05, 0) is 58.3 Å². The number of carbonyl (C=O) groups is 1. The summed E-state index contributed by atoms with van der Waals surface area (Å²) in [5.74, 6) is 1.06. The summed E-state index contributed by atoms with van der Waals surface area (Å²) in [4.78, 5) is 13.1. The Kier molecular flexibility index (Phi) is 7.29. The zero-order valence-corrected chi connectivity index (χ0v) is 21.6. The van der Waals surface area contributed by atoms with Crippen LogP contribution in [-0.4, -0.2) is 30.9 Å². The van der Waals surface area contributed by atoms with Gasteiger partial charge < -0.3 is 19.9 Å². The van der Waals surface area contributed by atoms with Gasteiger partial charge in [0.25, 0.3) is 5.91 Å². The minimum absolute atomic E-state index is 0.00314. The summed E-state index contributed by atoms with van der Waals surface area (Å²) in [6.07, 6.45) is 0.615. The molecule has 1 aliphatic rings. The average Bonchev–Trinajstić information content (AvgIpc) is 2.96. The molecular formula is C31H31N3O4. The second kappa shape index (κ2) is 10.9. The van der Waals surface area contributed by atoms with Gasteiger partial charge in [-0.15, -0.1) is 0 Å². The third-order valence-corrected chi connectivity index (χ3v) is 7.22. The Morgan fingerprint density at radius 2 is 1.47 bits per heavy atom. The number of ether oxygens (including phenoxy) is 2. The topological polar surface area (TPSA) is 92.2 Å². The number of aromatic hydroxyl groups is 1. The van der Waals surface area contributed by atoms with E-state index in [0.29, 0.717) is 6.42 Å². The maximum Gasteiger partial charge on any atom is 0.275 e. The highest BCUT2D eigenvalue weighted by atomic mass is 16.5. The largest absolute Gasteiger partial charge is 0.507 e. The van der Waals surface area contributed by atoms with E-state index < -0.39 is 5.91 Å². The van der Waals surface area contributed by atoms with Crippen molar-refractivity contribution in [2.75, 3.05) is 14.2 Å². The molecule has 1 aliphatic heterocycles. The van der Waals surface area contributed by atoms with Crippen LogP contribution in [0.4, 0.5) is 0 Å². The highest BCUT2D eigenvalue weighted by Crippen LogP contribution is 2.36. The van der Waals surface area contributed by atoms with Crippen molar-refractivity contribution in [2.45, 2.75) is 25.4 Å². The molecule has 4 aromatic rings. The SMILES string of the molecule is COc1ccc(C2C/C(=N\NC(=O)c3cc4ccccc4cc3O)[C@H](C)C(c3ccc(OC)cc3)N2)cc1. The summed E-state index contributed by atoms with van der Waals surface area (Å²) in [6.45, 7) is 2.10. The van der Waals surface area contributed by atoms with E-state index in [1.165, 1.54) is 0 Å². The van der Waals surface area contributed by atoms with E-state index in [2.05, 4.69) is 22.8 Å². The highest BCUT2D eigenvalue weighted by Gasteiger charge is 2.34. The molecule has 0 aromatic heterocycles. The average molecular weight is 510 g/mol. The molecule has 1 saturated heterocycles. The van der Waals surface area contributed by atoms with Gasteiger partial charge in [0.1, 0.15) is 17.2 Å². The van der Waals surface area contributed by atoms with E-state index >= 15 is 0 Å². The van der Waals surface area contributed by atoms with Crippen molar-refractivity contribution in [1.29, 1.82) is 0 Å². The zero-order valence-electron chi connectivity index (χ0n) is 21.6. The smallest absolute Gasteiger partial charge is 0.275 e. The summed E-state index contributed by atoms with van der Waals surface area (Å²) in [6, 6.07) is 26.8. The summed E-state index contributed by atoms with van der Waals surface area (Å²) < 4.78 is 10.7. The Balaban J connectivity index is 1.44. The molecule has 0 spiro atoms. The number of phenolic OH excluding ortho intramolecular Hbond substituents is 1. The van der Waals surface area contributed by atoms with Gasteiger partial charge in [0.15, 0.2) is 0 Å². The molecule has 3 N–H and O–H groups in total. The zero-order chi connectivity index (χ0) is 26.6. The van der Waals surface area contributed by atoms with Gasteiger partial charge in [-0.1, -0.05) is 55.5 Å². The van der Waals surface area contributed by atoms with Gasteiger partial charge in [0, 0.05) is 30.1 Å². The van der Waals surface area contributed by atoms with Crippen molar-refractivity contribution in [3.05, 3.63) is 102 Å². The molecule has 7 nitrogen and oxygen atoms in total. The molecule has 3 atom stereocenters. The number of benzene rings is 4. The number of amides is 1. The van der Waals surface area contributed by atoms with Crippen LogP contribution < -0.4 is 20.2 Å². The van der Waals surface area contributed by atoms with Crippen LogP contribution in [0.5, 0.6) is 17.2 Å². The van der Waals surface area contributed by atoms with Crippen LogP contribution in [-0.2, 0) is 0 Å². The van der Waals surface area contributed by atoms with Gasteiger partial charge in [0.05, 0.1) is 19.8 Å².